The third kappa shape index (κ3) is 0.861. The lowest BCUT2D eigenvalue weighted by Crippen LogP contribution is -2.36. The van der Waals surface area contributed by atoms with Crippen molar-refractivity contribution in [1.82, 2.24) is 5.32 Å². The normalized spacial score (nSPS) is 59.5. The van der Waals surface area contributed by atoms with Gasteiger partial charge in [-0.2, -0.15) is 0 Å². The Kier molecular flexibility index (Phi) is 1.45. The first kappa shape index (κ1) is 8.25. The Bertz CT molecular complexity index is 242. The molecule has 1 saturated carbocycles. The highest BCUT2D eigenvalue weighted by Gasteiger charge is 2.73. The van der Waals surface area contributed by atoms with Gasteiger partial charge < -0.3 is 10.1 Å². The van der Waals surface area contributed by atoms with Crippen molar-refractivity contribution in [1.29, 1.82) is 0 Å². The monoisotopic (exact) mass is 181 g/mol. The van der Waals surface area contributed by atoms with Gasteiger partial charge in [-0.15, -0.1) is 0 Å². The fraction of sp³-hybridized carbons (Fsp3) is 1.00. The highest BCUT2D eigenvalue weighted by Crippen LogP contribution is 2.69. The van der Waals surface area contributed by atoms with Crippen LogP contribution in [0.1, 0.15) is 33.1 Å². The van der Waals surface area contributed by atoms with Gasteiger partial charge in [-0.1, -0.05) is 6.92 Å². The molecule has 0 aromatic rings. The summed E-state index contributed by atoms with van der Waals surface area (Å²) in [6.07, 6.45) is 4.40. The van der Waals surface area contributed by atoms with Crippen molar-refractivity contribution in [2.45, 2.75) is 44.8 Å². The van der Waals surface area contributed by atoms with E-state index in [1.165, 1.54) is 25.8 Å². The summed E-state index contributed by atoms with van der Waals surface area (Å²) >= 11 is 0. The largest absolute Gasteiger partial charge is 0.371 e. The van der Waals surface area contributed by atoms with Gasteiger partial charge in [0, 0.05) is 17.9 Å². The van der Waals surface area contributed by atoms with Crippen LogP contribution in [-0.4, -0.2) is 24.8 Å². The van der Waals surface area contributed by atoms with E-state index >= 15 is 0 Å². The lowest BCUT2D eigenvalue weighted by atomic mass is 9.92. The molecule has 2 heterocycles. The van der Waals surface area contributed by atoms with Crippen LogP contribution in [0.3, 0.4) is 0 Å². The highest BCUT2D eigenvalue weighted by molar-refractivity contribution is 5.23. The summed E-state index contributed by atoms with van der Waals surface area (Å²) in [5.74, 6) is 0.769. The zero-order valence-electron chi connectivity index (χ0n) is 8.60. The van der Waals surface area contributed by atoms with E-state index in [4.69, 9.17) is 4.74 Å². The maximum absolute atomic E-state index is 6.21. The van der Waals surface area contributed by atoms with Crippen LogP contribution in [0.25, 0.3) is 0 Å². The average molecular weight is 181 g/mol. The summed E-state index contributed by atoms with van der Waals surface area (Å²) < 4.78 is 6.21. The van der Waals surface area contributed by atoms with E-state index in [-0.39, 0.29) is 5.60 Å². The van der Waals surface area contributed by atoms with Crippen LogP contribution in [0.5, 0.6) is 0 Å². The Labute approximate surface area is 80.0 Å². The van der Waals surface area contributed by atoms with Crippen molar-refractivity contribution < 1.29 is 4.74 Å². The third-order valence-electron chi connectivity index (χ3n) is 4.87. The molecule has 4 unspecified atom stereocenters. The molecule has 3 fully saturated rings. The Morgan fingerprint density at radius 3 is 3.00 bits per heavy atom. The second kappa shape index (κ2) is 2.29. The van der Waals surface area contributed by atoms with E-state index in [1.807, 2.05) is 0 Å². The second-order valence-corrected chi connectivity index (χ2v) is 5.35. The minimum absolute atomic E-state index is 0.212. The molecule has 0 radical (unpaired) electrons. The van der Waals surface area contributed by atoms with E-state index in [0.29, 0.717) is 11.5 Å². The number of fused-ring (bicyclic) bond motifs is 2. The molecule has 1 N–H and O–H groups in total. The number of hydrogen-bond donors (Lipinski definition) is 1. The number of rotatable bonds is 0. The summed E-state index contributed by atoms with van der Waals surface area (Å²) in [4.78, 5) is 0. The minimum Gasteiger partial charge on any atom is -0.371 e. The molecule has 13 heavy (non-hydrogen) atoms. The van der Waals surface area contributed by atoms with Crippen LogP contribution in [-0.2, 0) is 4.74 Å². The Hall–Kier alpha value is -0.0800. The maximum Gasteiger partial charge on any atom is 0.0762 e. The van der Waals surface area contributed by atoms with Crippen LogP contribution in [0.4, 0.5) is 0 Å². The first-order valence-electron chi connectivity index (χ1n) is 5.55. The second-order valence-electron chi connectivity index (χ2n) is 5.35. The molecule has 0 aromatic carbocycles. The van der Waals surface area contributed by atoms with Crippen LogP contribution in [0.15, 0.2) is 0 Å². The van der Waals surface area contributed by atoms with Gasteiger partial charge >= 0.3 is 0 Å². The molecule has 0 spiro atoms. The molecule has 0 aromatic heterocycles. The molecule has 2 heteroatoms. The number of hydrogen-bond acceptors (Lipinski definition) is 2. The molecular formula is C11H19NO. The fourth-order valence-electron chi connectivity index (χ4n) is 3.59. The smallest absolute Gasteiger partial charge is 0.0762 e. The van der Waals surface area contributed by atoms with E-state index in [0.717, 1.165) is 12.5 Å². The average Bonchev–Trinajstić information content (AvgIpc) is 2.52. The van der Waals surface area contributed by atoms with Crippen LogP contribution >= 0.6 is 0 Å². The van der Waals surface area contributed by atoms with Crippen molar-refractivity contribution in [3.8, 4) is 0 Å². The number of nitrogens with one attached hydrogen (secondary N) is 1. The Morgan fingerprint density at radius 1 is 1.31 bits per heavy atom. The van der Waals surface area contributed by atoms with Gasteiger partial charge in [-0.3, -0.25) is 0 Å². The summed E-state index contributed by atoms with van der Waals surface area (Å²) in [6, 6.07) is 0. The molecule has 4 atom stereocenters. The predicted molar refractivity (Wildman–Crippen MR) is 51.6 cm³/mol. The van der Waals surface area contributed by atoms with Crippen molar-refractivity contribution in [2.24, 2.45) is 11.3 Å². The molecule has 3 aliphatic rings. The van der Waals surface area contributed by atoms with Gasteiger partial charge in [-0.05, 0) is 32.7 Å². The van der Waals surface area contributed by atoms with Gasteiger partial charge in [0.2, 0.25) is 0 Å². The quantitative estimate of drug-likeness (QED) is 0.612. The molecular weight excluding hydrogens is 162 g/mol. The summed E-state index contributed by atoms with van der Waals surface area (Å²) in [6.45, 7) is 7.03. The standard InChI is InChI=1S/C11H19NO/c1-10-5-3-8-4-6-12-7-9(10)11(10,2)13-8/h8-9,12H,3-7H2,1-2H3. The van der Waals surface area contributed by atoms with Crippen molar-refractivity contribution >= 4 is 0 Å². The van der Waals surface area contributed by atoms with Gasteiger partial charge in [0.1, 0.15) is 0 Å². The number of ether oxygens (including phenoxy) is 1. The zero-order chi connectivity index (χ0) is 9.10. The SMILES string of the molecule is CC12CCC3CCNCC1C2(C)O3. The van der Waals surface area contributed by atoms with Crippen LogP contribution < -0.4 is 5.32 Å². The van der Waals surface area contributed by atoms with Gasteiger partial charge in [0.05, 0.1) is 11.7 Å². The zero-order valence-corrected chi connectivity index (χ0v) is 8.60. The van der Waals surface area contributed by atoms with Gasteiger partial charge in [0.15, 0.2) is 0 Å². The first-order chi connectivity index (χ1) is 6.17. The lowest BCUT2D eigenvalue weighted by molar-refractivity contribution is -0.0834. The summed E-state index contributed by atoms with van der Waals surface area (Å²) in [5.41, 5.74) is 0.699. The lowest BCUT2D eigenvalue weighted by Gasteiger charge is -2.32. The Morgan fingerprint density at radius 2 is 2.15 bits per heavy atom. The van der Waals surface area contributed by atoms with Crippen LogP contribution in [0.2, 0.25) is 0 Å². The molecule has 2 aliphatic heterocycles. The summed E-state index contributed by atoms with van der Waals surface area (Å²) in [7, 11) is 0. The molecule has 1 aliphatic carbocycles. The third-order valence-corrected chi connectivity index (χ3v) is 4.87. The van der Waals surface area contributed by atoms with Gasteiger partial charge in [0.25, 0.3) is 0 Å². The van der Waals surface area contributed by atoms with E-state index in [1.54, 1.807) is 0 Å². The Balaban J connectivity index is 1.91. The van der Waals surface area contributed by atoms with Crippen molar-refractivity contribution in [3.63, 3.8) is 0 Å². The molecule has 0 amide bonds. The van der Waals surface area contributed by atoms with E-state index in [2.05, 4.69) is 19.2 Å². The maximum atomic E-state index is 6.21. The van der Waals surface area contributed by atoms with Gasteiger partial charge in [-0.25, -0.2) is 0 Å². The molecule has 2 bridgehead atoms. The van der Waals surface area contributed by atoms with E-state index < -0.39 is 0 Å². The van der Waals surface area contributed by atoms with Crippen molar-refractivity contribution in [2.75, 3.05) is 13.1 Å². The topological polar surface area (TPSA) is 21.3 Å². The fourth-order valence-corrected chi connectivity index (χ4v) is 3.59. The molecule has 2 saturated heterocycles. The minimum atomic E-state index is 0.212. The first-order valence-corrected chi connectivity index (χ1v) is 5.55. The van der Waals surface area contributed by atoms with E-state index in [9.17, 15) is 0 Å². The predicted octanol–water partition coefficient (Wildman–Crippen LogP) is 1.55. The highest BCUT2D eigenvalue weighted by atomic mass is 16.5. The summed E-state index contributed by atoms with van der Waals surface area (Å²) in [5, 5.41) is 3.55. The molecule has 2 nitrogen and oxygen atoms in total. The van der Waals surface area contributed by atoms with Crippen LogP contribution in [0, 0.1) is 11.3 Å². The van der Waals surface area contributed by atoms with Crippen molar-refractivity contribution in [3.05, 3.63) is 0 Å². The molecule has 74 valence electrons. The molecule has 3 rings (SSSR count).